The van der Waals surface area contributed by atoms with Crippen LogP contribution in [0.25, 0.3) is 5.69 Å². The normalized spacial score (nSPS) is 10.2. The molecule has 0 radical (unpaired) electrons. The first-order valence-electron chi connectivity index (χ1n) is 8.77. The Morgan fingerprint density at radius 1 is 1.00 bits per heavy atom. The van der Waals surface area contributed by atoms with Crippen LogP contribution in [0.3, 0.4) is 0 Å². The van der Waals surface area contributed by atoms with E-state index < -0.39 is 17.3 Å². The van der Waals surface area contributed by atoms with Crippen LogP contribution in [0.4, 0.5) is 10.1 Å². The Hall–Kier alpha value is -4.00. The summed E-state index contributed by atoms with van der Waals surface area (Å²) in [5, 5.41) is 5.28. The van der Waals surface area contributed by atoms with Crippen LogP contribution in [-0.2, 0) is 0 Å². The fraction of sp³-hybridized carbons (Fsp3) is 0.0455. The molecule has 2 amide bonds. The summed E-state index contributed by atoms with van der Waals surface area (Å²) in [6, 6.07) is 14.8. The van der Waals surface area contributed by atoms with Gasteiger partial charge in [0.05, 0.1) is 0 Å². The molecule has 0 bridgehead atoms. The van der Waals surface area contributed by atoms with Crippen molar-refractivity contribution in [2.45, 2.75) is 0 Å². The molecule has 0 saturated carbocycles. The molecule has 0 atom stereocenters. The molecule has 0 aliphatic heterocycles. The highest BCUT2D eigenvalue weighted by molar-refractivity contribution is 6.04. The second-order valence-corrected chi connectivity index (χ2v) is 6.10. The Labute approximate surface area is 166 Å². The second kappa shape index (κ2) is 8.79. The number of carbonyl (C=O) groups is 2. The molecule has 7 heteroatoms. The van der Waals surface area contributed by atoms with Crippen LogP contribution in [0.1, 0.15) is 20.7 Å². The topological polar surface area (TPSA) is 80.2 Å². The van der Waals surface area contributed by atoms with Crippen molar-refractivity contribution in [1.82, 2.24) is 9.88 Å². The molecule has 146 valence electrons. The summed E-state index contributed by atoms with van der Waals surface area (Å²) >= 11 is 0. The molecule has 0 unspecified atom stereocenters. The van der Waals surface area contributed by atoms with Crippen molar-refractivity contribution in [2.75, 3.05) is 11.9 Å². The van der Waals surface area contributed by atoms with Gasteiger partial charge in [-0.15, -0.1) is 6.58 Å². The van der Waals surface area contributed by atoms with E-state index in [1.807, 2.05) is 0 Å². The summed E-state index contributed by atoms with van der Waals surface area (Å²) in [5.41, 5.74) is 0.925. The maximum Gasteiger partial charge on any atom is 0.267 e. The number of hydrogen-bond donors (Lipinski definition) is 2. The van der Waals surface area contributed by atoms with E-state index >= 15 is 0 Å². The van der Waals surface area contributed by atoms with Gasteiger partial charge in [-0.05, 0) is 60.7 Å². The van der Waals surface area contributed by atoms with Gasteiger partial charge in [0.25, 0.3) is 17.4 Å². The fourth-order valence-corrected chi connectivity index (χ4v) is 2.64. The molecular formula is C22H18FN3O3. The van der Waals surface area contributed by atoms with Gasteiger partial charge in [0.15, 0.2) is 0 Å². The minimum absolute atomic E-state index is 0.0167. The van der Waals surface area contributed by atoms with Gasteiger partial charge in [0.1, 0.15) is 11.4 Å². The van der Waals surface area contributed by atoms with E-state index in [2.05, 4.69) is 17.2 Å². The quantitative estimate of drug-likeness (QED) is 0.634. The van der Waals surface area contributed by atoms with E-state index in [0.717, 1.165) is 0 Å². The zero-order valence-corrected chi connectivity index (χ0v) is 15.4. The molecule has 29 heavy (non-hydrogen) atoms. The largest absolute Gasteiger partial charge is 0.348 e. The number of amides is 2. The SMILES string of the molecule is C=CCNC(=O)c1cccn(-c2ccc(NC(=O)c3ccc(F)cc3)cc2)c1=O. The number of hydrogen-bond acceptors (Lipinski definition) is 3. The standard InChI is InChI=1S/C22H18FN3O3/c1-2-13-24-21(28)19-4-3-14-26(22(19)29)18-11-9-17(10-12-18)25-20(27)15-5-7-16(23)8-6-15/h2-12,14H,1,13H2,(H,24,28)(H,25,27). The molecular weight excluding hydrogens is 373 g/mol. The first-order valence-corrected chi connectivity index (χ1v) is 8.77. The van der Waals surface area contributed by atoms with Gasteiger partial charge in [-0.1, -0.05) is 6.08 Å². The Morgan fingerprint density at radius 2 is 1.69 bits per heavy atom. The zero-order valence-electron chi connectivity index (χ0n) is 15.4. The summed E-state index contributed by atoms with van der Waals surface area (Å²) in [6.07, 6.45) is 3.08. The number of rotatable bonds is 6. The minimum Gasteiger partial charge on any atom is -0.348 e. The van der Waals surface area contributed by atoms with Crippen molar-refractivity contribution in [1.29, 1.82) is 0 Å². The van der Waals surface area contributed by atoms with Crippen molar-refractivity contribution in [2.24, 2.45) is 0 Å². The highest BCUT2D eigenvalue weighted by atomic mass is 19.1. The number of aromatic nitrogens is 1. The molecule has 3 rings (SSSR count). The predicted octanol–water partition coefficient (Wildman–Crippen LogP) is 3.14. The van der Waals surface area contributed by atoms with Gasteiger partial charge >= 0.3 is 0 Å². The lowest BCUT2D eigenvalue weighted by Crippen LogP contribution is -2.32. The number of carbonyl (C=O) groups excluding carboxylic acids is 2. The number of anilines is 1. The van der Waals surface area contributed by atoms with E-state index in [4.69, 9.17) is 0 Å². The third kappa shape index (κ3) is 4.65. The van der Waals surface area contributed by atoms with Crippen molar-refractivity contribution in [3.8, 4) is 5.69 Å². The van der Waals surface area contributed by atoms with Gasteiger partial charge in [-0.2, -0.15) is 0 Å². The van der Waals surface area contributed by atoms with Crippen molar-refractivity contribution < 1.29 is 14.0 Å². The van der Waals surface area contributed by atoms with Crippen LogP contribution in [0, 0.1) is 5.82 Å². The Kier molecular flexibility index (Phi) is 5.99. The average molecular weight is 391 g/mol. The lowest BCUT2D eigenvalue weighted by molar-refractivity contribution is 0.0955. The molecule has 0 aliphatic carbocycles. The van der Waals surface area contributed by atoms with Crippen LogP contribution in [0.15, 0.2) is 84.3 Å². The number of halogens is 1. The molecule has 1 heterocycles. The van der Waals surface area contributed by atoms with Crippen LogP contribution >= 0.6 is 0 Å². The van der Waals surface area contributed by atoms with Crippen LogP contribution in [-0.4, -0.2) is 22.9 Å². The Morgan fingerprint density at radius 3 is 2.34 bits per heavy atom. The summed E-state index contributed by atoms with van der Waals surface area (Å²) in [6.45, 7) is 3.78. The highest BCUT2D eigenvalue weighted by Gasteiger charge is 2.12. The monoisotopic (exact) mass is 391 g/mol. The molecule has 0 spiro atoms. The van der Waals surface area contributed by atoms with E-state index in [9.17, 15) is 18.8 Å². The Bertz CT molecular complexity index is 1100. The van der Waals surface area contributed by atoms with Crippen molar-refractivity contribution in [3.05, 3.63) is 107 Å². The lowest BCUT2D eigenvalue weighted by atomic mass is 10.2. The van der Waals surface area contributed by atoms with Crippen LogP contribution < -0.4 is 16.2 Å². The average Bonchev–Trinajstić information content (AvgIpc) is 2.73. The maximum absolute atomic E-state index is 13.0. The molecule has 0 aliphatic rings. The molecule has 1 aromatic heterocycles. The van der Waals surface area contributed by atoms with Gasteiger partial charge in [0, 0.05) is 29.7 Å². The smallest absolute Gasteiger partial charge is 0.267 e. The fourth-order valence-electron chi connectivity index (χ4n) is 2.64. The highest BCUT2D eigenvalue weighted by Crippen LogP contribution is 2.14. The maximum atomic E-state index is 13.0. The van der Waals surface area contributed by atoms with Crippen molar-refractivity contribution >= 4 is 17.5 Å². The van der Waals surface area contributed by atoms with E-state index in [1.165, 1.54) is 41.0 Å². The van der Waals surface area contributed by atoms with E-state index in [0.29, 0.717) is 16.9 Å². The molecule has 6 nitrogen and oxygen atoms in total. The minimum atomic E-state index is -0.479. The predicted molar refractivity (Wildman–Crippen MR) is 109 cm³/mol. The van der Waals surface area contributed by atoms with E-state index in [-0.39, 0.29) is 18.0 Å². The summed E-state index contributed by atoms with van der Waals surface area (Å²) in [4.78, 5) is 36.9. The van der Waals surface area contributed by atoms with Crippen molar-refractivity contribution in [3.63, 3.8) is 0 Å². The van der Waals surface area contributed by atoms with Crippen LogP contribution in [0.2, 0.25) is 0 Å². The second-order valence-electron chi connectivity index (χ2n) is 6.10. The number of pyridine rings is 1. The van der Waals surface area contributed by atoms with Gasteiger partial charge in [-0.25, -0.2) is 4.39 Å². The molecule has 0 fully saturated rings. The summed E-state index contributed by atoms with van der Waals surface area (Å²) in [7, 11) is 0. The van der Waals surface area contributed by atoms with E-state index in [1.54, 1.807) is 36.5 Å². The first kappa shape index (κ1) is 19.8. The zero-order chi connectivity index (χ0) is 20.8. The molecule has 0 saturated heterocycles. The van der Waals surface area contributed by atoms with Gasteiger partial charge < -0.3 is 10.6 Å². The van der Waals surface area contributed by atoms with Gasteiger partial charge in [-0.3, -0.25) is 19.0 Å². The lowest BCUT2D eigenvalue weighted by Gasteiger charge is -2.10. The van der Waals surface area contributed by atoms with Crippen LogP contribution in [0.5, 0.6) is 0 Å². The molecule has 3 aromatic rings. The third-order valence-electron chi connectivity index (χ3n) is 4.11. The third-order valence-corrected chi connectivity index (χ3v) is 4.11. The molecule has 2 aromatic carbocycles. The number of nitrogens with one attached hydrogen (secondary N) is 2. The molecule has 2 N–H and O–H groups in total. The van der Waals surface area contributed by atoms with Gasteiger partial charge in [0.2, 0.25) is 0 Å². The summed E-state index contributed by atoms with van der Waals surface area (Å²) in [5.74, 6) is -1.28. The Balaban J connectivity index is 1.79. The summed E-state index contributed by atoms with van der Waals surface area (Å²) < 4.78 is 14.3. The number of nitrogens with zero attached hydrogens (tertiary/aromatic N) is 1. The first-order chi connectivity index (χ1) is 14.0. The number of benzene rings is 2.